The SMILES string of the molecule is CCC(CC(C)C(=O)NCCS(c1ccccc1)(c1ccccc1)c1ccccc1)C(=O)NCCN(C)C. The van der Waals surface area contributed by atoms with E-state index in [-0.39, 0.29) is 23.7 Å². The fourth-order valence-electron chi connectivity index (χ4n) is 4.76. The summed E-state index contributed by atoms with van der Waals surface area (Å²) in [7, 11) is 2.38. The third kappa shape index (κ3) is 7.71. The Bertz CT molecular complexity index is 1030. The lowest BCUT2D eigenvalue weighted by Gasteiger charge is -2.41. The number of carbonyl (C=O) groups is 2. The third-order valence-electron chi connectivity index (χ3n) is 6.95. The Balaban J connectivity index is 1.74. The first kappa shape index (κ1) is 29.5. The van der Waals surface area contributed by atoms with Gasteiger partial charge in [-0.05, 0) is 78.0 Å². The molecule has 0 radical (unpaired) electrons. The van der Waals surface area contributed by atoms with Crippen LogP contribution in [0.25, 0.3) is 0 Å². The highest BCUT2D eigenvalue weighted by atomic mass is 32.3. The van der Waals surface area contributed by atoms with Crippen LogP contribution in [-0.4, -0.2) is 56.2 Å². The van der Waals surface area contributed by atoms with Crippen molar-refractivity contribution in [3.8, 4) is 0 Å². The van der Waals surface area contributed by atoms with Crippen LogP contribution in [0, 0.1) is 11.8 Å². The van der Waals surface area contributed by atoms with Gasteiger partial charge in [-0.15, -0.1) is 0 Å². The van der Waals surface area contributed by atoms with Crippen molar-refractivity contribution in [3.63, 3.8) is 0 Å². The van der Waals surface area contributed by atoms with Crippen LogP contribution in [0.1, 0.15) is 26.7 Å². The zero-order chi connectivity index (χ0) is 27.4. The lowest BCUT2D eigenvalue weighted by molar-refractivity contribution is -0.128. The van der Waals surface area contributed by atoms with E-state index in [4.69, 9.17) is 0 Å². The van der Waals surface area contributed by atoms with Gasteiger partial charge < -0.3 is 15.5 Å². The Labute approximate surface area is 230 Å². The molecule has 0 aliphatic carbocycles. The predicted molar refractivity (Wildman–Crippen MR) is 159 cm³/mol. The average molecular weight is 534 g/mol. The Kier molecular flexibility index (Phi) is 11.4. The molecule has 0 aromatic heterocycles. The Hall–Kier alpha value is -3.09. The lowest BCUT2D eigenvalue weighted by Crippen LogP contribution is -2.38. The highest BCUT2D eigenvalue weighted by Crippen LogP contribution is 2.67. The van der Waals surface area contributed by atoms with Gasteiger partial charge in [0.05, 0.1) is 0 Å². The molecule has 3 aromatic rings. The molecule has 5 nitrogen and oxygen atoms in total. The highest BCUT2D eigenvalue weighted by Gasteiger charge is 2.31. The van der Waals surface area contributed by atoms with E-state index in [0.717, 1.165) is 12.3 Å². The second-order valence-corrected chi connectivity index (χ2v) is 13.3. The first-order chi connectivity index (χ1) is 18.4. The molecule has 2 N–H and O–H groups in total. The summed E-state index contributed by atoms with van der Waals surface area (Å²) in [6, 6.07) is 32.0. The van der Waals surface area contributed by atoms with E-state index < -0.39 is 10.0 Å². The van der Waals surface area contributed by atoms with Crippen LogP contribution in [0.15, 0.2) is 106 Å². The highest BCUT2D eigenvalue weighted by molar-refractivity contribution is 8.33. The van der Waals surface area contributed by atoms with Gasteiger partial charge in [0, 0.05) is 37.2 Å². The summed E-state index contributed by atoms with van der Waals surface area (Å²) in [6.45, 7) is 5.91. The van der Waals surface area contributed by atoms with Gasteiger partial charge in [-0.3, -0.25) is 9.59 Å². The van der Waals surface area contributed by atoms with E-state index in [1.54, 1.807) is 0 Å². The van der Waals surface area contributed by atoms with Crippen LogP contribution >= 0.6 is 10.0 Å². The van der Waals surface area contributed by atoms with Crippen molar-refractivity contribution in [3.05, 3.63) is 91.0 Å². The number of nitrogens with zero attached hydrogens (tertiary/aromatic N) is 1. The second-order valence-electron chi connectivity index (χ2n) is 10.0. The van der Waals surface area contributed by atoms with E-state index in [1.165, 1.54) is 14.7 Å². The van der Waals surface area contributed by atoms with Crippen molar-refractivity contribution < 1.29 is 9.59 Å². The number of amides is 2. The fourth-order valence-corrected chi connectivity index (χ4v) is 8.56. The normalized spacial score (nSPS) is 13.5. The Morgan fingerprint density at radius 1 is 0.737 bits per heavy atom. The summed E-state index contributed by atoms with van der Waals surface area (Å²) in [5.41, 5.74) is 0. The smallest absolute Gasteiger partial charge is 0.223 e. The van der Waals surface area contributed by atoms with Gasteiger partial charge in [0.2, 0.25) is 11.8 Å². The molecule has 0 saturated carbocycles. The predicted octanol–water partition coefficient (Wildman–Crippen LogP) is 5.81. The van der Waals surface area contributed by atoms with Crippen LogP contribution in [0.3, 0.4) is 0 Å². The van der Waals surface area contributed by atoms with Crippen molar-refractivity contribution in [1.29, 1.82) is 0 Å². The van der Waals surface area contributed by atoms with Gasteiger partial charge in [0.15, 0.2) is 0 Å². The molecule has 3 aromatic carbocycles. The Morgan fingerprint density at radius 2 is 1.18 bits per heavy atom. The molecule has 6 heteroatoms. The topological polar surface area (TPSA) is 61.4 Å². The average Bonchev–Trinajstić information content (AvgIpc) is 2.95. The lowest BCUT2D eigenvalue weighted by atomic mass is 9.92. The number of benzene rings is 3. The summed E-state index contributed by atoms with van der Waals surface area (Å²) in [5.74, 6) is 0.433. The number of nitrogens with one attached hydrogen (secondary N) is 2. The molecule has 0 saturated heterocycles. The molecule has 0 spiro atoms. The van der Waals surface area contributed by atoms with E-state index >= 15 is 0 Å². The van der Waals surface area contributed by atoms with Gasteiger partial charge in [-0.1, -0.05) is 68.4 Å². The number of rotatable bonds is 14. The molecular formula is C32H43N3O2S. The van der Waals surface area contributed by atoms with Gasteiger partial charge >= 0.3 is 0 Å². The Morgan fingerprint density at radius 3 is 1.61 bits per heavy atom. The van der Waals surface area contributed by atoms with E-state index in [2.05, 4.69) is 83.4 Å². The summed E-state index contributed by atoms with van der Waals surface area (Å²) >= 11 is 0. The van der Waals surface area contributed by atoms with Crippen molar-refractivity contribution in [1.82, 2.24) is 15.5 Å². The zero-order valence-corrected chi connectivity index (χ0v) is 24.0. The summed E-state index contributed by atoms with van der Waals surface area (Å²) < 4.78 is 0. The molecular weight excluding hydrogens is 490 g/mol. The van der Waals surface area contributed by atoms with E-state index in [1.807, 2.05) is 51.0 Å². The van der Waals surface area contributed by atoms with Gasteiger partial charge in [0.25, 0.3) is 0 Å². The minimum absolute atomic E-state index is 0.00651. The maximum Gasteiger partial charge on any atom is 0.223 e. The molecule has 38 heavy (non-hydrogen) atoms. The first-order valence-corrected chi connectivity index (χ1v) is 15.3. The van der Waals surface area contributed by atoms with Gasteiger partial charge in [-0.25, -0.2) is 0 Å². The van der Waals surface area contributed by atoms with Crippen molar-refractivity contribution in [2.24, 2.45) is 11.8 Å². The minimum Gasteiger partial charge on any atom is -0.355 e. The molecule has 0 heterocycles. The molecule has 0 bridgehead atoms. The largest absolute Gasteiger partial charge is 0.355 e. The van der Waals surface area contributed by atoms with Crippen molar-refractivity contribution in [2.45, 2.75) is 41.4 Å². The fraction of sp³-hybridized carbons (Fsp3) is 0.375. The van der Waals surface area contributed by atoms with Crippen LogP contribution in [0.5, 0.6) is 0 Å². The van der Waals surface area contributed by atoms with Gasteiger partial charge in [0.1, 0.15) is 0 Å². The first-order valence-electron chi connectivity index (χ1n) is 13.5. The van der Waals surface area contributed by atoms with Crippen LogP contribution in [0.2, 0.25) is 0 Å². The summed E-state index contributed by atoms with van der Waals surface area (Å²) in [5, 5.41) is 6.23. The number of hydrogen-bond acceptors (Lipinski definition) is 3. The van der Waals surface area contributed by atoms with Crippen molar-refractivity contribution in [2.75, 3.05) is 39.5 Å². The number of carbonyl (C=O) groups excluding carboxylic acids is 2. The van der Waals surface area contributed by atoms with Gasteiger partial charge in [-0.2, -0.15) is 10.0 Å². The molecule has 0 aliphatic rings. The number of hydrogen-bond donors (Lipinski definition) is 2. The van der Waals surface area contributed by atoms with E-state index in [9.17, 15) is 9.59 Å². The maximum absolute atomic E-state index is 13.2. The molecule has 204 valence electrons. The quantitative estimate of drug-likeness (QED) is 0.275. The molecule has 0 aliphatic heterocycles. The standard InChI is InChI=1S/C32H43N3O2S/c1-5-27(32(37)33-21-23-35(3)4)25-26(2)31(36)34-22-24-38(28-15-9-6-10-16-28,29-17-11-7-12-18-29)30-19-13-8-14-20-30/h6-20,26-27H,5,21-25H2,1-4H3,(H,33,37)(H,34,36). The monoisotopic (exact) mass is 533 g/mol. The number of likely N-dealkylation sites (N-methyl/N-ethyl adjacent to an activating group) is 1. The molecule has 2 unspecified atom stereocenters. The van der Waals surface area contributed by atoms with Crippen LogP contribution < -0.4 is 10.6 Å². The van der Waals surface area contributed by atoms with Crippen LogP contribution in [0.4, 0.5) is 0 Å². The summed E-state index contributed by atoms with van der Waals surface area (Å²) in [4.78, 5) is 31.7. The molecule has 3 rings (SSSR count). The molecule has 0 fully saturated rings. The van der Waals surface area contributed by atoms with Crippen molar-refractivity contribution >= 4 is 21.8 Å². The molecule has 2 atom stereocenters. The summed E-state index contributed by atoms with van der Waals surface area (Å²) in [6.07, 6.45) is 1.26. The second kappa shape index (κ2) is 14.7. The molecule has 2 amide bonds. The third-order valence-corrected chi connectivity index (χ3v) is 11.0. The zero-order valence-electron chi connectivity index (χ0n) is 23.2. The maximum atomic E-state index is 13.2. The minimum atomic E-state index is -1.60. The van der Waals surface area contributed by atoms with E-state index in [0.29, 0.717) is 25.9 Å². The van der Waals surface area contributed by atoms with Crippen LogP contribution in [-0.2, 0) is 9.59 Å².